The molecule has 0 aliphatic heterocycles. The van der Waals surface area contributed by atoms with Gasteiger partial charge in [0.15, 0.2) is 0 Å². The molecule has 0 rings (SSSR count). The van der Waals surface area contributed by atoms with Crippen LogP contribution in [-0.4, -0.2) is 36.7 Å². The molecule has 0 radical (unpaired) electrons. The number of carbonyl (C=O) groups is 2. The number of hydrogen-bond acceptors (Lipinski definition) is 3. The molecule has 0 aromatic carbocycles. The molecule has 5 heteroatoms. The normalized spacial score (nSPS) is 10.9. The standard InChI is InChI=1S/C22H43NO4/c1-2-3-4-5-6-7-8-9-10-11-12-13-14-15-16-17-21(24)23-18-19-27-20-22(25)26/h2-20H2,1H3,(H,23,24)(H,25,26). The molecule has 0 aromatic rings. The zero-order valence-corrected chi connectivity index (χ0v) is 17.6. The lowest BCUT2D eigenvalue weighted by Gasteiger charge is -2.05. The molecule has 0 fully saturated rings. The van der Waals surface area contributed by atoms with Gasteiger partial charge in [0, 0.05) is 13.0 Å². The van der Waals surface area contributed by atoms with Crippen LogP contribution in [0.3, 0.4) is 0 Å². The quantitative estimate of drug-likeness (QED) is 0.257. The van der Waals surface area contributed by atoms with Crippen molar-refractivity contribution in [3.8, 4) is 0 Å². The van der Waals surface area contributed by atoms with Gasteiger partial charge in [-0.3, -0.25) is 4.79 Å². The van der Waals surface area contributed by atoms with Crippen molar-refractivity contribution in [2.45, 2.75) is 110 Å². The second kappa shape index (κ2) is 21.2. The van der Waals surface area contributed by atoms with Gasteiger partial charge in [-0.1, -0.05) is 96.8 Å². The highest BCUT2D eigenvalue weighted by Crippen LogP contribution is 2.13. The van der Waals surface area contributed by atoms with Gasteiger partial charge in [0.25, 0.3) is 0 Å². The molecule has 0 aliphatic rings. The summed E-state index contributed by atoms with van der Waals surface area (Å²) in [6.45, 7) is 2.58. The number of carboxylic acids is 1. The minimum Gasteiger partial charge on any atom is -0.480 e. The van der Waals surface area contributed by atoms with Gasteiger partial charge >= 0.3 is 5.97 Å². The van der Waals surface area contributed by atoms with Gasteiger partial charge in [-0.15, -0.1) is 0 Å². The number of carbonyl (C=O) groups excluding carboxylic acids is 1. The van der Waals surface area contributed by atoms with Crippen molar-refractivity contribution in [2.75, 3.05) is 19.8 Å². The van der Waals surface area contributed by atoms with Crippen molar-refractivity contribution >= 4 is 11.9 Å². The number of nitrogens with one attached hydrogen (secondary N) is 1. The van der Waals surface area contributed by atoms with E-state index in [9.17, 15) is 9.59 Å². The summed E-state index contributed by atoms with van der Waals surface area (Å²) >= 11 is 0. The first kappa shape index (κ1) is 25.9. The van der Waals surface area contributed by atoms with E-state index in [1.807, 2.05) is 0 Å². The van der Waals surface area contributed by atoms with Gasteiger partial charge in [-0.2, -0.15) is 0 Å². The monoisotopic (exact) mass is 385 g/mol. The summed E-state index contributed by atoms with van der Waals surface area (Å²) in [5.74, 6) is -0.956. The first-order valence-corrected chi connectivity index (χ1v) is 11.2. The smallest absolute Gasteiger partial charge is 0.329 e. The molecular weight excluding hydrogens is 342 g/mol. The molecule has 5 nitrogen and oxygen atoms in total. The number of amides is 1. The lowest BCUT2D eigenvalue weighted by Crippen LogP contribution is -2.27. The number of hydrogen-bond donors (Lipinski definition) is 2. The topological polar surface area (TPSA) is 75.6 Å². The SMILES string of the molecule is CCCCCCCCCCCCCCCCCC(=O)NCCOCC(=O)O. The maximum atomic E-state index is 11.6. The Morgan fingerprint density at radius 1 is 0.741 bits per heavy atom. The van der Waals surface area contributed by atoms with Gasteiger partial charge in [0.05, 0.1) is 6.61 Å². The van der Waals surface area contributed by atoms with E-state index in [2.05, 4.69) is 12.2 Å². The molecule has 0 bridgehead atoms. The van der Waals surface area contributed by atoms with Gasteiger partial charge in [-0.05, 0) is 6.42 Å². The summed E-state index contributed by atoms with van der Waals surface area (Å²) < 4.78 is 4.86. The Balaban J connectivity index is 3.13. The zero-order chi connectivity index (χ0) is 20.0. The van der Waals surface area contributed by atoms with Crippen molar-refractivity contribution in [3.63, 3.8) is 0 Å². The van der Waals surface area contributed by atoms with Crippen LogP contribution in [0.1, 0.15) is 110 Å². The van der Waals surface area contributed by atoms with Crippen LogP contribution < -0.4 is 5.32 Å². The van der Waals surface area contributed by atoms with Crippen LogP contribution in [0.15, 0.2) is 0 Å². The van der Waals surface area contributed by atoms with E-state index in [1.54, 1.807) is 0 Å². The second-order valence-electron chi connectivity index (χ2n) is 7.50. The summed E-state index contributed by atoms with van der Waals surface area (Å²) in [5, 5.41) is 11.2. The Labute approximate surface area is 166 Å². The van der Waals surface area contributed by atoms with E-state index >= 15 is 0 Å². The van der Waals surface area contributed by atoms with E-state index in [0.29, 0.717) is 13.0 Å². The Hall–Kier alpha value is -1.10. The van der Waals surface area contributed by atoms with Crippen LogP contribution >= 0.6 is 0 Å². The largest absolute Gasteiger partial charge is 0.480 e. The molecule has 0 atom stereocenters. The maximum absolute atomic E-state index is 11.6. The van der Waals surface area contributed by atoms with E-state index < -0.39 is 5.97 Å². The van der Waals surface area contributed by atoms with Crippen LogP contribution in [0.25, 0.3) is 0 Å². The average molecular weight is 386 g/mol. The fourth-order valence-corrected chi connectivity index (χ4v) is 3.17. The molecule has 0 spiro atoms. The number of aliphatic carboxylic acids is 1. The predicted octanol–water partition coefficient (Wildman–Crippen LogP) is 5.47. The van der Waals surface area contributed by atoms with E-state index in [0.717, 1.165) is 12.8 Å². The molecular formula is C22H43NO4. The number of ether oxygens (including phenoxy) is 1. The third-order valence-corrected chi connectivity index (χ3v) is 4.80. The Morgan fingerprint density at radius 3 is 1.63 bits per heavy atom. The third kappa shape index (κ3) is 22.9. The molecule has 0 heterocycles. The van der Waals surface area contributed by atoms with Crippen LogP contribution in [0.4, 0.5) is 0 Å². The molecule has 1 amide bonds. The van der Waals surface area contributed by atoms with Crippen molar-refractivity contribution < 1.29 is 19.4 Å². The maximum Gasteiger partial charge on any atom is 0.329 e. The molecule has 0 aliphatic carbocycles. The first-order chi connectivity index (χ1) is 13.2. The summed E-state index contributed by atoms with van der Waals surface area (Å²) in [6.07, 6.45) is 20.3. The molecule has 27 heavy (non-hydrogen) atoms. The number of carboxylic acid groups (broad SMARTS) is 1. The van der Waals surface area contributed by atoms with Crippen molar-refractivity contribution in [1.29, 1.82) is 0 Å². The van der Waals surface area contributed by atoms with Gasteiger partial charge < -0.3 is 15.2 Å². The minimum absolute atomic E-state index is 0.0311. The highest BCUT2D eigenvalue weighted by Gasteiger charge is 2.01. The fourth-order valence-electron chi connectivity index (χ4n) is 3.17. The molecule has 0 unspecified atom stereocenters. The number of unbranched alkanes of at least 4 members (excludes halogenated alkanes) is 14. The van der Waals surface area contributed by atoms with Crippen LogP contribution in [0, 0.1) is 0 Å². The summed E-state index contributed by atoms with van der Waals surface area (Å²) in [4.78, 5) is 21.8. The summed E-state index contributed by atoms with van der Waals surface area (Å²) in [5.41, 5.74) is 0. The summed E-state index contributed by atoms with van der Waals surface area (Å²) in [6, 6.07) is 0. The van der Waals surface area contributed by atoms with E-state index in [1.165, 1.54) is 83.5 Å². The Morgan fingerprint density at radius 2 is 1.19 bits per heavy atom. The number of rotatable bonds is 21. The van der Waals surface area contributed by atoms with E-state index in [4.69, 9.17) is 9.84 Å². The van der Waals surface area contributed by atoms with Gasteiger partial charge in [-0.25, -0.2) is 4.79 Å². The predicted molar refractivity (Wildman–Crippen MR) is 111 cm³/mol. The van der Waals surface area contributed by atoms with Crippen molar-refractivity contribution in [2.24, 2.45) is 0 Å². The first-order valence-electron chi connectivity index (χ1n) is 11.2. The van der Waals surface area contributed by atoms with E-state index in [-0.39, 0.29) is 19.1 Å². The lowest BCUT2D eigenvalue weighted by atomic mass is 10.0. The van der Waals surface area contributed by atoms with Gasteiger partial charge in [0.1, 0.15) is 6.61 Å². The fraction of sp³-hybridized carbons (Fsp3) is 0.909. The second-order valence-corrected chi connectivity index (χ2v) is 7.50. The Kier molecular flexibility index (Phi) is 20.3. The molecule has 0 saturated heterocycles. The Bertz CT molecular complexity index is 347. The van der Waals surface area contributed by atoms with Gasteiger partial charge in [0.2, 0.25) is 5.91 Å². The van der Waals surface area contributed by atoms with Crippen LogP contribution in [0.2, 0.25) is 0 Å². The lowest BCUT2D eigenvalue weighted by molar-refractivity contribution is -0.142. The van der Waals surface area contributed by atoms with Crippen molar-refractivity contribution in [1.82, 2.24) is 5.32 Å². The summed E-state index contributed by atoms with van der Waals surface area (Å²) in [7, 11) is 0. The highest BCUT2D eigenvalue weighted by molar-refractivity contribution is 5.75. The third-order valence-electron chi connectivity index (χ3n) is 4.80. The zero-order valence-electron chi connectivity index (χ0n) is 17.6. The molecule has 0 aromatic heterocycles. The highest BCUT2D eigenvalue weighted by atomic mass is 16.5. The van der Waals surface area contributed by atoms with Crippen LogP contribution in [-0.2, 0) is 14.3 Å². The van der Waals surface area contributed by atoms with Crippen LogP contribution in [0.5, 0.6) is 0 Å². The average Bonchev–Trinajstić information content (AvgIpc) is 2.64. The molecule has 2 N–H and O–H groups in total. The molecule has 160 valence electrons. The molecule has 0 saturated carbocycles. The van der Waals surface area contributed by atoms with Crippen molar-refractivity contribution in [3.05, 3.63) is 0 Å². The minimum atomic E-state index is -0.987.